The fraction of sp³-hybridized carbons (Fsp3) is 0.500. The summed E-state index contributed by atoms with van der Waals surface area (Å²) in [5.74, 6) is 0. The van der Waals surface area contributed by atoms with Gasteiger partial charge in [-0.25, -0.2) is 0 Å². The molecule has 0 radical (unpaired) electrons. The van der Waals surface area contributed by atoms with Crippen molar-refractivity contribution in [2.75, 3.05) is 23.7 Å². The van der Waals surface area contributed by atoms with E-state index in [1.807, 2.05) is 25.1 Å². The first kappa shape index (κ1) is 12.7. The summed E-state index contributed by atoms with van der Waals surface area (Å²) in [4.78, 5) is 2.16. The lowest BCUT2D eigenvalue weighted by Gasteiger charge is -2.38. The van der Waals surface area contributed by atoms with Gasteiger partial charge in [-0.05, 0) is 43.5 Å². The number of benzene rings is 1. The summed E-state index contributed by atoms with van der Waals surface area (Å²) in [6.07, 6.45) is 2.14. The van der Waals surface area contributed by atoms with Crippen molar-refractivity contribution in [2.24, 2.45) is 0 Å². The average molecular weight is 245 g/mol. The predicted octanol–water partition coefficient (Wildman–Crippen LogP) is 1.69. The Morgan fingerprint density at radius 3 is 3.00 bits per heavy atom. The molecule has 1 aromatic rings. The first-order chi connectivity index (χ1) is 8.52. The molecule has 0 aliphatic carbocycles. The third-order valence-electron chi connectivity index (χ3n) is 3.44. The highest BCUT2D eigenvalue weighted by Gasteiger charge is 2.28. The van der Waals surface area contributed by atoms with Crippen molar-refractivity contribution in [3.63, 3.8) is 0 Å². The molecule has 1 unspecified atom stereocenters. The number of anilines is 2. The number of nitrogens with zero attached hydrogens (tertiary/aromatic N) is 2. The zero-order valence-corrected chi connectivity index (χ0v) is 10.7. The highest BCUT2D eigenvalue weighted by atomic mass is 16.3. The topological polar surface area (TPSA) is 73.3 Å². The van der Waals surface area contributed by atoms with Crippen LogP contribution in [0, 0.1) is 11.3 Å². The van der Waals surface area contributed by atoms with E-state index in [0.29, 0.717) is 18.7 Å². The number of aliphatic hydroxyl groups is 1. The second kappa shape index (κ2) is 4.87. The Balaban J connectivity index is 2.23. The van der Waals surface area contributed by atoms with Gasteiger partial charge in [-0.15, -0.1) is 0 Å². The maximum absolute atomic E-state index is 10.1. The SMILES string of the molecule is CC1(O)CCCN(c2ccc(N)c(CC#N)c2)C1. The lowest BCUT2D eigenvalue weighted by atomic mass is 9.94. The number of piperidine rings is 1. The number of β-amino-alcohol motifs (C(OH)–C–C–N with tert-alkyl or cyclic N) is 1. The van der Waals surface area contributed by atoms with Crippen molar-refractivity contribution in [3.8, 4) is 6.07 Å². The van der Waals surface area contributed by atoms with Crippen molar-refractivity contribution in [3.05, 3.63) is 23.8 Å². The molecule has 4 nitrogen and oxygen atoms in total. The molecule has 0 bridgehead atoms. The van der Waals surface area contributed by atoms with E-state index >= 15 is 0 Å². The fourth-order valence-corrected chi connectivity index (χ4v) is 2.47. The molecule has 1 aromatic carbocycles. The minimum absolute atomic E-state index is 0.323. The summed E-state index contributed by atoms with van der Waals surface area (Å²) >= 11 is 0. The van der Waals surface area contributed by atoms with Gasteiger partial charge < -0.3 is 15.7 Å². The van der Waals surface area contributed by atoms with Crippen LogP contribution in [0.25, 0.3) is 0 Å². The lowest BCUT2D eigenvalue weighted by molar-refractivity contribution is 0.0449. The van der Waals surface area contributed by atoms with E-state index in [-0.39, 0.29) is 0 Å². The van der Waals surface area contributed by atoms with Crippen LogP contribution in [0.15, 0.2) is 18.2 Å². The largest absolute Gasteiger partial charge is 0.398 e. The molecule has 1 heterocycles. The first-order valence-electron chi connectivity index (χ1n) is 6.24. The highest BCUT2D eigenvalue weighted by Crippen LogP contribution is 2.28. The second-order valence-electron chi connectivity index (χ2n) is 5.24. The van der Waals surface area contributed by atoms with Crippen LogP contribution in [0.3, 0.4) is 0 Å². The summed E-state index contributed by atoms with van der Waals surface area (Å²) < 4.78 is 0. The molecule has 0 amide bonds. The van der Waals surface area contributed by atoms with Crippen molar-refractivity contribution in [1.29, 1.82) is 5.26 Å². The van der Waals surface area contributed by atoms with Crippen LogP contribution in [0.1, 0.15) is 25.3 Å². The normalized spacial score (nSPS) is 23.7. The van der Waals surface area contributed by atoms with Gasteiger partial charge >= 0.3 is 0 Å². The average Bonchev–Trinajstić information content (AvgIpc) is 2.31. The van der Waals surface area contributed by atoms with Crippen LogP contribution in [0.5, 0.6) is 0 Å². The third-order valence-corrected chi connectivity index (χ3v) is 3.44. The Kier molecular flexibility index (Phi) is 3.44. The molecule has 1 saturated heterocycles. The van der Waals surface area contributed by atoms with E-state index < -0.39 is 5.60 Å². The van der Waals surface area contributed by atoms with E-state index in [1.165, 1.54) is 0 Å². The van der Waals surface area contributed by atoms with Crippen molar-refractivity contribution in [1.82, 2.24) is 0 Å². The van der Waals surface area contributed by atoms with E-state index in [0.717, 1.165) is 30.6 Å². The van der Waals surface area contributed by atoms with Crippen LogP contribution in [0.2, 0.25) is 0 Å². The second-order valence-corrected chi connectivity index (χ2v) is 5.24. The highest BCUT2D eigenvalue weighted by molar-refractivity contribution is 5.59. The van der Waals surface area contributed by atoms with Crippen LogP contribution >= 0.6 is 0 Å². The van der Waals surface area contributed by atoms with Gasteiger partial charge in [0.1, 0.15) is 0 Å². The summed E-state index contributed by atoms with van der Waals surface area (Å²) in [6, 6.07) is 7.88. The summed E-state index contributed by atoms with van der Waals surface area (Å²) in [5.41, 5.74) is 7.76. The van der Waals surface area contributed by atoms with Gasteiger partial charge in [0.2, 0.25) is 0 Å². The van der Waals surface area contributed by atoms with Crippen LogP contribution in [0.4, 0.5) is 11.4 Å². The fourth-order valence-electron chi connectivity index (χ4n) is 2.47. The Morgan fingerprint density at radius 2 is 2.33 bits per heavy atom. The standard InChI is InChI=1S/C14H19N3O/c1-14(18)6-2-8-17(10-14)12-3-4-13(16)11(9-12)5-7-15/h3-4,9,18H,2,5-6,8,10,16H2,1H3. The number of hydrogen-bond donors (Lipinski definition) is 2. The molecular weight excluding hydrogens is 226 g/mol. The number of rotatable bonds is 2. The van der Waals surface area contributed by atoms with Crippen LogP contribution in [-0.4, -0.2) is 23.8 Å². The molecule has 1 aliphatic heterocycles. The van der Waals surface area contributed by atoms with E-state index in [1.54, 1.807) is 0 Å². The smallest absolute Gasteiger partial charge is 0.0794 e. The van der Waals surface area contributed by atoms with Gasteiger partial charge in [0.15, 0.2) is 0 Å². The maximum Gasteiger partial charge on any atom is 0.0794 e. The number of nitrogen functional groups attached to an aromatic ring is 1. The molecule has 3 N–H and O–H groups in total. The van der Waals surface area contributed by atoms with Gasteiger partial charge in [-0.1, -0.05) is 0 Å². The Hall–Kier alpha value is -1.73. The molecule has 0 aromatic heterocycles. The summed E-state index contributed by atoms with van der Waals surface area (Å²) in [6.45, 7) is 3.43. The summed E-state index contributed by atoms with van der Waals surface area (Å²) in [7, 11) is 0. The Bertz CT molecular complexity index is 476. The van der Waals surface area contributed by atoms with Gasteiger partial charge in [-0.2, -0.15) is 5.26 Å². The molecule has 4 heteroatoms. The quantitative estimate of drug-likeness (QED) is 0.778. The minimum Gasteiger partial charge on any atom is -0.398 e. The molecule has 96 valence electrons. The summed E-state index contributed by atoms with van der Waals surface area (Å²) in [5, 5.41) is 18.9. The van der Waals surface area contributed by atoms with Crippen LogP contribution in [-0.2, 0) is 6.42 Å². The first-order valence-corrected chi connectivity index (χ1v) is 6.24. The molecular formula is C14H19N3O. The Morgan fingerprint density at radius 1 is 1.56 bits per heavy atom. The monoisotopic (exact) mass is 245 g/mol. The zero-order valence-electron chi connectivity index (χ0n) is 10.7. The van der Waals surface area contributed by atoms with Crippen molar-refractivity contribution >= 4 is 11.4 Å². The number of nitrogens with two attached hydrogens (primary N) is 1. The Labute approximate surface area is 108 Å². The maximum atomic E-state index is 10.1. The molecule has 0 spiro atoms. The number of hydrogen-bond acceptors (Lipinski definition) is 4. The van der Waals surface area contributed by atoms with Gasteiger partial charge in [0, 0.05) is 24.5 Å². The molecule has 2 rings (SSSR count). The van der Waals surface area contributed by atoms with Gasteiger partial charge in [0.05, 0.1) is 18.1 Å². The molecule has 1 atom stereocenters. The third kappa shape index (κ3) is 2.74. The number of nitriles is 1. The van der Waals surface area contributed by atoms with E-state index in [2.05, 4.69) is 11.0 Å². The van der Waals surface area contributed by atoms with Crippen LogP contribution < -0.4 is 10.6 Å². The van der Waals surface area contributed by atoms with Gasteiger partial charge in [-0.3, -0.25) is 0 Å². The van der Waals surface area contributed by atoms with Gasteiger partial charge in [0.25, 0.3) is 0 Å². The lowest BCUT2D eigenvalue weighted by Crippen LogP contribution is -2.46. The molecule has 0 saturated carbocycles. The molecule has 1 aliphatic rings. The van der Waals surface area contributed by atoms with E-state index in [9.17, 15) is 5.11 Å². The molecule has 1 fully saturated rings. The zero-order chi connectivity index (χ0) is 13.2. The van der Waals surface area contributed by atoms with Crippen molar-refractivity contribution < 1.29 is 5.11 Å². The molecule has 18 heavy (non-hydrogen) atoms. The van der Waals surface area contributed by atoms with E-state index in [4.69, 9.17) is 11.0 Å². The van der Waals surface area contributed by atoms with Crippen molar-refractivity contribution in [2.45, 2.75) is 31.8 Å². The predicted molar refractivity (Wildman–Crippen MR) is 72.2 cm³/mol. The minimum atomic E-state index is -0.630.